The molecule has 1 amide bonds. The summed E-state index contributed by atoms with van der Waals surface area (Å²) in [6.07, 6.45) is 4.12. The van der Waals surface area contributed by atoms with Gasteiger partial charge in [-0.1, -0.05) is 25.3 Å². The average molecular weight is 282 g/mol. The fourth-order valence-electron chi connectivity index (χ4n) is 2.75. The Bertz CT molecular complexity index is 478. The van der Waals surface area contributed by atoms with Crippen molar-refractivity contribution in [1.82, 2.24) is 5.32 Å². The lowest BCUT2D eigenvalue weighted by atomic mass is 9.81. The highest BCUT2D eigenvalue weighted by atomic mass is 19.1. The molecule has 0 bridgehead atoms. The fraction of sp³-hybridized carbons (Fsp3) is 0.533. The van der Waals surface area contributed by atoms with Gasteiger partial charge in [0.2, 0.25) is 5.91 Å². The maximum Gasteiger partial charge on any atom is 0.240 e. The van der Waals surface area contributed by atoms with Gasteiger partial charge in [0.15, 0.2) is 0 Å². The molecule has 1 unspecified atom stereocenters. The van der Waals surface area contributed by atoms with Crippen LogP contribution in [0.1, 0.15) is 50.6 Å². The smallest absolute Gasteiger partial charge is 0.240 e. The van der Waals surface area contributed by atoms with Crippen LogP contribution in [-0.2, 0) is 4.79 Å². The average Bonchev–Trinajstić information content (AvgIpc) is 2.39. The van der Waals surface area contributed by atoms with Crippen molar-refractivity contribution in [2.75, 3.05) is 0 Å². The number of hydrogen-bond acceptors (Lipinski definition) is 2. The Hall–Kier alpha value is -1.49. The highest BCUT2D eigenvalue weighted by Crippen LogP contribution is 2.27. The molecule has 0 aromatic heterocycles. The van der Waals surface area contributed by atoms with Gasteiger partial charge < -0.3 is 11.1 Å². The van der Waals surface area contributed by atoms with Crippen molar-refractivity contribution in [3.8, 4) is 0 Å². The molecule has 1 aliphatic carbocycles. The SMILES string of the molecule is CC(NC(=O)C1(N)CCCCC1)c1c(F)cccc1F. The summed E-state index contributed by atoms with van der Waals surface area (Å²) < 4.78 is 27.3. The van der Waals surface area contributed by atoms with E-state index in [1.807, 2.05) is 0 Å². The van der Waals surface area contributed by atoms with Crippen LogP contribution in [0.4, 0.5) is 8.78 Å². The van der Waals surface area contributed by atoms with Crippen LogP contribution in [0.25, 0.3) is 0 Å². The van der Waals surface area contributed by atoms with Gasteiger partial charge in [0.25, 0.3) is 0 Å². The maximum atomic E-state index is 13.7. The third-order valence-electron chi connectivity index (χ3n) is 3.98. The second-order valence-corrected chi connectivity index (χ2v) is 5.55. The highest BCUT2D eigenvalue weighted by Gasteiger charge is 2.36. The minimum atomic E-state index is -0.908. The van der Waals surface area contributed by atoms with Crippen LogP contribution in [0, 0.1) is 11.6 Å². The molecule has 3 N–H and O–H groups in total. The Kier molecular flexibility index (Phi) is 4.38. The van der Waals surface area contributed by atoms with Gasteiger partial charge in [-0.25, -0.2) is 8.78 Å². The summed E-state index contributed by atoms with van der Waals surface area (Å²) in [6.45, 7) is 1.56. The van der Waals surface area contributed by atoms with E-state index in [4.69, 9.17) is 5.73 Å². The number of carbonyl (C=O) groups excluding carboxylic acids is 1. The van der Waals surface area contributed by atoms with Crippen molar-refractivity contribution >= 4 is 5.91 Å². The predicted molar refractivity (Wildman–Crippen MR) is 72.9 cm³/mol. The summed E-state index contributed by atoms with van der Waals surface area (Å²) in [4.78, 5) is 12.2. The molecule has 20 heavy (non-hydrogen) atoms. The zero-order valence-electron chi connectivity index (χ0n) is 11.6. The van der Waals surface area contributed by atoms with Gasteiger partial charge in [-0.15, -0.1) is 0 Å². The van der Waals surface area contributed by atoms with E-state index in [9.17, 15) is 13.6 Å². The Labute approximate surface area is 117 Å². The van der Waals surface area contributed by atoms with E-state index >= 15 is 0 Å². The number of rotatable bonds is 3. The van der Waals surface area contributed by atoms with Gasteiger partial charge >= 0.3 is 0 Å². The molecule has 1 aromatic rings. The molecular formula is C15H20F2N2O. The van der Waals surface area contributed by atoms with Crippen LogP contribution < -0.4 is 11.1 Å². The summed E-state index contributed by atoms with van der Waals surface area (Å²) >= 11 is 0. The van der Waals surface area contributed by atoms with Gasteiger partial charge in [-0.2, -0.15) is 0 Å². The van der Waals surface area contributed by atoms with Crippen LogP contribution in [0.3, 0.4) is 0 Å². The van der Waals surface area contributed by atoms with Crippen molar-refractivity contribution in [1.29, 1.82) is 0 Å². The lowest BCUT2D eigenvalue weighted by Crippen LogP contribution is -2.55. The van der Waals surface area contributed by atoms with Crippen LogP contribution in [-0.4, -0.2) is 11.4 Å². The molecule has 0 spiro atoms. The summed E-state index contributed by atoms with van der Waals surface area (Å²) in [6, 6.07) is 2.92. The van der Waals surface area contributed by atoms with Crippen molar-refractivity contribution in [3.63, 3.8) is 0 Å². The first-order valence-electron chi connectivity index (χ1n) is 6.98. The van der Waals surface area contributed by atoms with Gasteiger partial charge in [0, 0.05) is 5.56 Å². The molecule has 3 nitrogen and oxygen atoms in total. The minimum Gasteiger partial charge on any atom is -0.348 e. The van der Waals surface area contributed by atoms with E-state index in [1.165, 1.54) is 18.2 Å². The zero-order valence-corrected chi connectivity index (χ0v) is 11.6. The number of halogens is 2. The standard InChI is InChI=1S/C15H20F2N2O/c1-10(13-11(16)6-5-7-12(13)17)19-14(20)15(18)8-3-2-4-9-15/h5-7,10H,2-4,8-9,18H2,1H3,(H,19,20). The number of amides is 1. The summed E-state index contributed by atoms with van der Waals surface area (Å²) in [5.74, 6) is -1.65. The predicted octanol–water partition coefficient (Wildman–Crippen LogP) is 2.80. The monoisotopic (exact) mass is 282 g/mol. The zero-order chi connectivity index (χ0) is 14.8. The lowest BCUT2D eigenvalue weighted by Gasteiger charge is -2.33. The largest absolute Gasteiger partial charge is 0.348 e. The lowest BCUT2D eigenvalue weighted by molar-refractivity contribution is -0.128. The summed E-state index contributed by atoms with van der Waals surface area (Å²) in [5.41, 5.74) is 5.07. The Balaban J connectivity index is 2.11. The third-order valence-corrected chi connectivity index (χ3v) is 3.98. The van der Waals surface area contributed by atoms with E-state index in [0.717, 1.165) is 19.3 Å². The van der Waals surface area contributed by atoms with Crippen LogP contribution in [0.5, 0.6) is 0 Å². The molecule has 1 atom stereocenters. The molecule has 2 rings (SSSR count). The second kappa shape index (κ2) is 5.87. The van der Waals surface area contributed by atoms with E-state index in [1.54, 1.807) is 6.92 Å². The number of benzene rings is 1. The quantitative estimate of drug-likeness (QED) is 0.895. The molecule has 0 heterocycles. The number of carbonyl (C=O) groups is 1. The first kappa shape index (κ1) is 14.9. The number of nitrogens with two attached hydrogens (primary N) is 1. The topological polar surface area (TPSA) is 55.1 Å². The molecule has 1 aliphatic rings. The second-order valence-electron chi connectivity index (χ2n) is 5.55. The van der Waals surface area contributed by atoms with Crippen LogP contribution in [0.15, 0.2) is 18.2 Å². The molecular weight excluding hydrogens is 262 g/mol. The summed E-state index contributed by atoms with van der Waals surface area (Å²) in [5, 5.41) is 2.64. The van der Waals surface area contributed by atoms with Gasteiger partial charge in [-0.3, -0.25) is 4.79 Å². The van der Waals surface area contributed by atoms with Gasteiger partial charge in [0.05, 0.1) is 11.6 Å². The van der Waals surface area contributed by atoms with Crippen molar-refractivity contribution in [2.24, 2.45) is 5.73 Å². The van der Waals surface area contributed by atoms with Crippen molar-refractivity contribution < 1.29 is 13.6 Å². The molecule has 1 saturated carbocycles. The minimum absolute atomic E-state index is 0.125. The molecule has 0 aliphatic heterocycles. The summed E-state index contributed by atoms with van der Waals surface area (Å²) in [7, 11) is 0. The fourth-order valence-corrected chi connectivity index (χ4v) is 2.75. The Morgan fingerprint density at radius 3 is 2.35 bits per heavy atom. The van der Waals surface area contributed by atoms with E-state index in [0.29, 0.717) is 12.8 Å². The van der Waals surface area contributed by atoms with Gasteiger partial charge in [-0.05, 0) is 31.9 Å². The molecule has 1 fully saturated rings. The Morgan fingerprint density at radius 2 is 1.80 bits per heavy atom. The normalized spacial score (nSPS) is 19.4. The number of nitrogens with one attached hydrogen (secondary N) is 1. The molecule has 5 heteroatoms. The molecule has 1 aromatic carbocycles. The number of hydrogen-bond donors (Lipinski definition) is 2. The Morgan fingerprint density at radius 1 is 1.25 bits per heavy atom. The van der Waals surface area contributed by atoms with Crippen molar-refractivity contribution in [3.05, 3.63) is 35.4 Å². The molecule has 0 radical (unpaired) electrons. The van der Waals surface area contributed by atoms with E-state index < -0.39 is 23.2 Å². The highest BCUT2D eigenvalue weighted by molar-refractivity contribution is 5.86. The van der Waals surface area contributed by atoms with Crippen LogP contribution >= 0.6 is 0 Å². The maximum absolute atomic E-state index is 13.7. The van der Waals surface area contributed by atoms with E-state index in [2.05, 4.69) is 5.32 Å². The first-order chi connectivity index (χ1) is 9.44. The van der Waals surface area contributed by atoms with Gasteiger partial charge in [0.1, 0.15) is 11.6 Å². The third kappa shape index (κ3) is 2.98. The van der Waals surface area contributed by atoms with E-state index in [-0.39, 0.29) is 11.5 Å². The molecule has 110 valence electrons. The first-order valence-corrected chi connectivity index (χ1v) is 6.98. The molecule has 0 saturated heterocycles. The van der Waals surface area contributed by atoms with Crippen molar-refractivity contribution in [2.45, 2.75) is 50.6 Å². The van der Waals surface area contributed by atoms with Crippen LogP contribution in [0.2, 0.25) is 0 Å².